The molecule has 0 aliphatic carbocycles. The van der Waals surface area contributed by atoms with Gasteiger partial charge >= 0.3 is 5.69 Å². The molecule has 23 heavy (non-hydrogen) atoms. The number of aliphatic hydroxyl groups excluding tert-OH is 1. The molecule has 0 bridgehead atoms. The van der Waals surface area contributed by atoms with Crippen molar-refractivity contribution < 1.29 is 23.6 Å². The number of para-hydroxylation sites is 1. The molecule has 0 heterocycles. The molecular formula is C14H14N2O6S. The van der Waals surface area contributed by atoms with Crippen molar-refractivity contribution in [3.63, 3.8) is 0 Å². The van der Waals surface area contributed by atoms with Gasteiger partial charge in [0.2, 0.25) is 0 Å². The van der Waals surface area contributed by atoms with E-state index >= 15 is 0 Å². The Morgan fingerprint density at radius 3 is 2.35 bits per heavy atom. The third-order valence-corrected chi connectivity index (χ3v) is 4.90. The molecule has 122 valence electrons. The number of nitrogens with zero attached hydrogens (tertiary/aromatic N) is 2. The minimum absolute atomic E-state index is 0.207. The molecule has 0 unspecified atom stereocenters. The Morgan fingerprint density at radius 1 is 1.13 bits per heavy atom. The molecule has 2 aromatic rings. The minimum atomic E-state index is -4.13. The van der Waals surface area contributed by atoms with Gasteiger partial charge in [-0.25, -0.2) is 8.42 Å². The molecular weight excluding hydrogens is 324 g/mol. The summed E-state index contributed by atoms with van der Waals surface area (Å²) in [6.45, 7) is -0.630. The van der Waals surface area contributed by atoms with Crippen molar-refractivity contribution >= 4 is 21.4 Å². The van der Waals surface area contributed by atoms with Gasteiger partial charge in [-0.15, -0.1) is 0 Å². The van der Waals surface area contributed by atoms with Gasteiger partial charge in [0, 0.05) is 6.07 Å². The molecule has 0 spiro atoms. The molecule has 0 fully saturated rings. The van der Waals surface area contributed by atoms with Crippen molar-refractivity contribution in [1.29, 1.82) is 0 Å². The van der Waals surface area contributed by atoms with E-state index in [1.54, 1.807) is 30.3 Å². The highest BCUT2D eigenvalue weighted by atomic mass is 32.2. The quantitative estimate of drug-likeness (QED) is 0.608. The first-order valence-corrected chi connectivity index (χ1v) is 7.98. The molecule has 2 N–H and O–H groups in total. The molecule has 2 aromatic carbocycles. The number of phenolic OH excluding ortho intramolecular Hbond substituents is 1. The number of anilines is 1. The number of aliphatic hydroxyl groups is 1. The fourth-order valence-corrected chi connectivity index (χ4v) is 3.49. The summed E-state index contributed by atoms with van der Waals surface area (Å²) in [7, 11) is -4.13. The largest absolute Gasteiger partial charge is 0.502 e. The average Bonchev–Trinajstić information content (AvgIpc) is 2.53. The first-order valence-electron chi connectivity index (χ1n) is 6.54. The normalized spacial score (nSPS) is 11.2. The van der Waals surface area contributed by atoms with Crippen molar-refractivity contribution in [3.05, 3.63) is 58.6 Å². The fourth-order valence-electron chi connectivity index (χ4n) is 2.01. The number of phenols is 1. The van der Waals surface area contributed by atoms with Crippen LogP contribution in [0.15, 0.2) is 53.4 Å². The highest BCUT2D eigenvalue weighted by Gasteiger charge is 2.27. The zero-order chi connectivity index (χ0) is 17.0. The predicted molar refractivity (Wildman–Crippen MR) is 82.8 cm³/mol. The topological polar surface area (TPSA) is 121 Å². The molecule has 0 atom stereocenters. The van der Waals surface area contributed by atoms with Crippen LogP contribution in [0.25, 0.3) is 0 Å². The van der Waals surface area contributed by atoms with Gasteiger partial charge in [-0.3, -0.25) is 14.4 Å². The van der Waals surface area contributed by atoms with E-state index in [1.165, 1.54) is 0 Å². The number of nitro benzene ring substituents is 1. The third-order valence-electron chi connectivity index (χ3n) is 3.08. The molecule has 0 radical (unpaired) electrons. The zero-order valence-corrected chi connectivity index (χ0v) is 12.7. The summed E-state index contributed by atoms with van der Waals surface area (Å²) in [5, 5.41) is 29.4. The highest BCUT2D eigenvalue weighted by Crippen LogP contribution is 2.31. The van der Waals surface area contributed by atoms with E-state index in [0.717, 1.165) is 22.5 Å². The number of aromatic hydroxyl groups is 1. The number of hydrogen-bond donors (Lipinski definition) is 2. The first-order chi connectivity index (χ1) is 10.9. The summed E-state index contributed by atoms with van der Waals surface area (Å²) < 4.78 is 26.4. The Bertz CT molecular complexity index is 807. The molecule has 0 amide bonds. The molecule has 9 heteroatoms. The van der Waals surface area contributed by atoms with Gasteiger partial charge in [0.1, 0.15) is 0 Å². The maximum Gasteiger partial charge on any atom is 0.312 e. The summed E-state index contributed by atoms with van der Waals surface area (Å²) in [4.78, 5) is 9.65. The second-order valence-corrected chi connectivity index (χ2v) is 6.41. The Hall–Kier alpha value is -2.65. The van der Waals surface area contributed by atoms with Crippen LogP contribution in [0, 0.1) is 10.1 Å². The monoisotopic (exact) mass is 338 g/mol. The molecule has 8 nitrogen and oxygen atoms in total. The summed E-state index contributed by atoms with van der Waals surface area (Å²) >= 11 is 0. The van der Waals surface area contributed by atoms with Crippen molar-refractivity contribution in [2.24, 2.45) is 0 Å². The Balaban J connectivity index is 2.55. The van der Waals surface area contributed by atoms with E-state index in [0.29, 0.717) is 5.69 Å². The van der Waals surface area contributed by atoms with Crippen LogP contribution >= 0.6 is 0 Å². The average molecular weight is 338 g/mol. The van der Waals surface area contributed by atoms with Crippen LogP contribution in [0.2, 0.25) is 0 Å². The standard InChI is InChI=1S/C14H14N2O6S/c17-9-8-15(11-4-2-1-3-5-11)23(21,22)12-6-7-14(18)13(10-12)16(19)20/h1-7,10,17-18H,8-9H2. The number of rotatable bonds is 6. The molecule has 2 rings (SSSR count). The first kappa shape index (κ1) is 16.7. The van der Waals surface area contributed by atoms with Crippen LogP contribution in [0.3, 0.4) is 0 Å². The Morgan fingerprint density at radius 2 is 1.78 bits per heavy atom. The van der Waals surface area contributed by atoms with E-state index in [9.17, 15) is 23.6 Å². The van der Waals surface area contributed by atoms with Gasteiger partial charge in [-0.1, -0.05) is 18.2 Å². The van der Waals surface area contributed by atoms with Gasteiger partial charge in [0.05, 0.1) is 28.7 Å². The van der Waals surface area contributed by atoms with Gasteiger partial charge in [0.25, 0.3) is 10.0 Å². The molecule has 0 aliphatic heterocycles. The van der Waals surface area contributed by atoms with Crippen LogP contribution in [0.5, 0.6) is 5.75 Å². The number of sulfonamides is 1. The summed E-state index contributed by atoms with van der Waals surface area (Å²) in [6.07, 6.45) is 0. The molecule has 0 saturated carbocycles. The Kier molecular flexibility index (Phi) is 4.82. The molecule has 0 aromatic heterocycles. The Labute approximate surface area is 132 Å². The summed E-state index contributed by atoms with van der Waals surface area (Å²) in [6, 6.07) is 10.9. The van der Waals surface area contributed by atoms with E-state index in [-0.39, 0.29) is 11.4 Å². The van der Waals surface area contributed by atoms with Gasteiger partial charge in [-0.05, 0) is 24.3 Å². The third kappa shape index (κ3) is 3.41. The van der Waals surface area contributed by atoms with Crippen LogP contribution in [0.4, 0.5) is 11.4 Å². The number of hydrogen-bond acceptors (Lipinski definition) is 6. The van der Waals surface area contributed by atoms with E-state index < -0.39 is 33.0 Å². The van der Waals surface area contributed by atoms with Crippen LogP contribution in [-0.2, 0) is 10.0 Å². The second-order valence-electron chi connectivity index (χ2n) is 4.54. The van der Waals surface area contributed by atoms with E-state index in [4.69, 9.17) is 5.11 Å². The van der Waals surface area contributed by atoms with Crippen LogP contribution in [-0.4, -0.2) is 36.7 Å². The van der Waals surface area contributed by atoms with Crippen molar-refractivity contribution in [1.82, 2.24) is 0 Å². The van der Waals surface area contributed by atoms with Gasteiger partial charge in [-0.2, -0.15) is 0 Å². The van der Waals surface area contributed by atoms with Crippen LogP contribution in [0.1, 0.15) is 0 Å². The SMILES string of the molecule is O=[N+]([O-])c1cc(S(=O)(=O)N(CCO)c2ccccc2)ccc1O. The molecule has 0 saturated heterocycles. The second kappa shape index (κ2) is 6.63. The van der Waals surface area contributed by atoms with Gasteiger partial charge in [0.15, 0.2) is 5.75 Å². The van der Waals surface area contributed by atoms with Crippen molar-refractivity contribution in [3.8, 4) is 5.75 Å². The fraction of sp³-hybridized carbons (Fsp3) is 0.143. The van der Waals surface area contributed by atoms with Gasteiger partial charge < -0.3 is 10.2 Å². The van der Waals surface area contributed by atoms with Crippen molar-refractivity contribution in [2.75, 3.05) is 17.5 Å². The summed E-state index contributed by atoms with van der Waals surface area (Å²) in [5.74, 6) is -0.623. The summed E-state index contributed by atoms with van der Waals surface area (Å²) in [5.41, 5.74) is -0.389. The van der Waals surface area contributed by atoms with E-state index in [2.05, 4.69) is 0 Å². The maximum absolute atomic E-state index is 12.7. The zero-order valence-electron chi connectivity index (χ0n) is 11.9. The lowest BCUT2D eigenvalue weighted by atomic mass is 10.3. The van der Waals surface area contributed by atoms with Crippen molar-refractivity contribution in [2.45, 2.75) is 4.90 Å². The predicted octanol–water partition coefficient (Wildman–Crippen LogP) is 1.49. The van der Waals surface area contributed by atoms with Crippen LogP contribution < -0.4 is 4.31 Å². The molecule has 0 aliphatic rings. The minimum Gasteiger partial charge on any atom is -0.502 e. The highest BCUT2D eigenvalue weighted by molar-refractivity contribution is 7.92. The number of benzene rings is 2. The lowest BCUT2D eigenvalue weighted by Gasteiger charge is -2.23. The maximum atomic E-state index is 12.7. The number of nitro groups is 1. The lowest BCUT2D eigenvalue weighted by molar-refractivity contribution is -0.386. The smallest absolute Gasteiger partial charge is 0.312 e. The lowest BCUT2D eigenvalue weighted by Crippen LogP contribution is -2.33. The van der Waals surface area contributed by atoms with E-state index in [1.807, 2.05) is 0 Å².